The fourth-order valence-electron chi connectivity index (χ4n) is 1.27. The van der Waals surface area contributed by atoms with Gasteiger partial charge in [0.1, 0.15) is 5.82 Å². The summed E-state index contributed by atoms with van der Waals surface area (Å²) in [5, 5.41) is 3.24. The molecule has 2 rings (SSSR count). The number of aromatic amines is 1. The van der Waals surface area contributed by atoms with Crippen molar-refractivity contribution < 1.29 is 0 Å². The third-order valence-electron chi connectivity index (χ3n) is 2.06. The molecule has 0 unspecified atom stereocenters. The summed E-state index contributed by atoms with van der Waals surface area (Å²) in [6.07, 6.45) is 6.13. The van der Waals surface area contributed by atoms with Crippen LogP contribution < -0.4 is 11.1 Å². The first-order chi connectivity index (χ1) is 7.34. The maximum Gasteiger partial charge on any atom is 0.123 e. The lowest BCUT2D eigenvalue weighted by Gasteiger charge is -2.04. The van der Waals surface area contributed by atoms with Crippen molar-refractivity contribution in [3.63, 3.8) is 0 Å². The molecule has 2 aromatic rings. The molecule has 4 N–H and O–H groups in total. The van der Waals surface area contributed by atoms with E-state index in [9.17, 15) is 0 Å². The summed E-state index contributed by atoms with van der Waals surface area (Å²) in [5.41, 5.74) is 7.57. The van der Waals surface area contributed by atoms with Crippen LogP contribution >= 0.6 is 0 Å². The van der Waals surface area contributed by atoms with Gasteiger partial charge < -0.3 is 16.0 Å². The largest absolute Gasteiger partial charge is 0.384 e. The van der Waals surface area contributed by atoms with Crippen molar-refractivity contribution >= 4 is 11.5 Å². The number of anilines is 2. The van der Waals surface area contributed by atoms with Crippen molar-refractivity contribution in [2.24, 2.45) is 0 Å². The second-order valence-corrected chi connectivity index (χ2v) is 3.23. The van der Waals surface area contributed by atoms with Crippen LogP contribution in [-0.4, -0.2) is 21.5 Å². The Morgan fingerprint density at radius 1 is 1.33 bits per heavy atom. The number of pyridine rings is 1. The summed E-state index contributed by atoms with van der Waals surface area (Å²) in [5.74, 6) is 0.536. The molecule has 0 aliphatic carbocycles. The minimum Gasteiger partial charge on any atom is -0.384 e. The van der Waals surface area contributed by atoms with Gasteiger partial charge in [-0.1, -0.05) is 0 Å². The topological polar surface area (TPSA) is 79.6 Å². The van der Waals surface area contributed by atoms with Crippen LogP contribution in [0.4, 0.5) is 11.5 Å². The summed E-state index contributed by atoms with van der Waals surface area (Å²) in [4.78, 5) is 11.0. The number of imidazole rings is 1. The van der Waals surface area contributed by atoms with E-state index in [1.54, 1.807) is 18.6 Å². The standard InChI is InChI=1S/C10H13N5/c11-10-2-1-8(6-14-10)13-4-3-9-5-12-7-15-9/h1-2,5-7,13H,3-4H2,(H2,11,14)(H,12,15). The molecule has 5 nitrogen and oxygen atoms in total. The molecule has 15 heavy (non-hydrogen) atoms. The van der Waals surface area contributed by atoms with Gasteiger partial charge in [0.05, 0.1) is 18.2 Å². The van der Waals surface area contributed by atoms with Crippen LogP contribution in [0.25, 0.3) is 0 Å². The average Bonchev–Trinajstić information content (AvgIpc) is 2.74. The number of nitrogens with zero attached hydrogens (tertiary/aromatic N) is 2. The molecule has 2 heterocycles. The fraction of sp³-hybridized carbons (Fsp3) is 0.200. The number of nitrogen functional groups attached to an aromatic ring is 1. The zero-order valence-electron chi connectivity index (χ0n) is 8.27. The molecule has 0 aromatic carbocycles. The van der Waals surface area contributed by atoms with Crippen LogP contribution in [0, 0.1) is 0 Å². The number of hydrogen-bond donors (Lipinski definition) is 3. The fourth-order valence-corrected chi connectivity index (χ4v) is 1.27. The lowest BCUT2D eigenvalue weighted by Crippen LogP contribution is -2.05. The number of nitrogens with two attached hydrogens (primary N) is 1. The number of H-pyrrole nitrogens is 1. The van der Waals surface area contributed by atoms with E-state index in [-0.39, 0.29) is 0 Å². The number of aromatic nitrogens is 3. The SMILES string of the molecule is Nc1ccc(NCCc2cnc[nH]2)cn1. The van der Waals surface area contributed by atoms with Gasteiger partial charge in [-0.15, -0.1) is 0 Å². The van der Waals surface area contributed by atoms with Crippen LogP contribution in [0.5, 0.6) is 0 Å². The second-order valence-electron chi connectivity index (χ2n) is 3.23. The van der Waals surface area contributed by atoms with Crippen LogP contribution in [0.2, 0.25) is 0 Å². The van der Waals surface area contributed by atoms with Gasteiger partial charge in [0.15, 0.2) is 0 Å². The van der Waals surface area contributed by atoms with Gasteiger partial charge in [0, 0.05) is 24.9 Å². The van der Waals surface area contributed by atoms with Crippen molar-refractivity contribution in [3.05, 3.63) is 36.5 Å². The molecule has 0 radical (unpaired) electrons. The predicted molar refractivity (Wildman–Crippen MR) is 59.4 cm³/mol. The number of hydrogen-bond acceptors (Lipinski definition) is 4. The van der Waals surface area contributed by atoms with Crippen LogP contribution in [0.1, 0.15) is 5.69 Å². The van der Waals surface area contributed by atoms with Gasteiger partial charge in [-0.05, 0) is 12.1 Å². The summed E-state index contributed by atoms with van der Waals surface area (Å²) >= 11 is 0. The quantitative estimate of drug-likeness (QED) is 0.693. The third kappa shape index (κ3) is 2.70. The van der Waals surface area contributed by atoms with Crippen molar-refractivity contribution in [3.8, 4) is 0 Å². The van der Waals surface area contributed by atoms with Crippen molar-refractivity contribution in [1.82, 2.24) is 15.0 Å². The Labute approximate surface area is 87.8 Å². The molecule has 0 aliphatic rings. The minimum atomic E-state index is 0.536. The summed E-state index contributed by atoms with van der Waals surface area (Å²) in [7, 11) is 0. The molecule has 0 saturated heterocycles. The number of rotatable bonds is 4. The Morgan fingerprint density at radius 2 is 2.27 bits per heavy atom. The zero-order valence-corrected chi connectivity index (χ0v) is 8.27. The first-order valence-corrected chi connectivity index (χ1v) is 4.77. The van der Waals surface area contributed by atoms with E-state index in [1.807, 2.05) is 12.3 Å². The van der Waals surface area contributed by atoms with E-state index in [0.717, 1.165) is 24.3 Å². The lowest BCUT2D eigenvalue weighted by atomic mass is 10.3. The lowest BCUT2D eigenvalue weighted by molar-refractivity contribution is 0.975. The normalized spacial score (nSPS) is 10.1. The van der Waals surface area contributed by atoms with Crippen LogP contribution in [0.15, 0.2) is 30.9 Å². The highest BCUT2D eigenvalue weighted by molar-refractivity contribution is 5.45. The summed E-state index contributed by atoms with van der Waals surface area (Å²) in [6, 6.07) is 3.69. The first-order valence-electron chi connectivity index (χ1n) is 4.77. The average molecular weight is 203 g/mol. The van der Waals surface area contributed by atoms with E-state index >= 15 is 0 Å². The third-order valence-corrected chi connectivity index (χ3v) is 2.06. The Bertz CT molecular complexity index is 392. The van der Waals surface area contributed by atoms with Gasteiger partial charge in [-0.2, -0.15) is 0 Å². The highest BCUT2D eigenvalue weighted by Crippen LogP contribution is 2.06. The predicted octanol–water partition coefficient (Wildman–Crippen LogP) is 1.04. The Morgan fingerprint density at radius 3 is 2.93 bits per heavy atom. The molecule has 78 valence electrons. The maximum absolute atomic E-state index is 5.48. The van der Waals surface area contributed by atoms with Crippen molar-refractivity contribution in [2.75, 3.05) is 17.6 Å². The molecular weight excluding hydrogens is 190 g/mol. The highest BCUT2D eigenvalue weighted by atomic mass is 14.9. The Kier molecular flexibility index (Phi) is 2.82. The molecule has 0 atom stereocenters. The number of nitrogens with one attached hydrogen (secondary N) is 2. The zero-order chi connectivity index (χ0) is 10.5. The highest BCUT2D eigenvalue weighted by Gasteiger charge is 1.95. The molecule has 0 saturated carbocycles. The molecule has 2 aromatic heterocycles. The summed E-state index contributed by atoms with van der Waals surface area (Å²) < 4.78 is 0. The van der Waals surface area contributed by atoms with Crippen LogP contribution in [-0.2, 0) is 6.42 Å². The molecule has 0 bridgehead atoms. The minimum absolute atomic E-state index is 0.536. The van der Waals surface area contributed by atoms with E-state index in [4.69, 9.17) is 5.73 Å². The van der Waals surface area contributed by atoms with Gasteiger partial charge in [0.2, 0.25) is 0 Å². The van der Waals surface area contributed by atoms with E-state index in [1.165, 1.54) is 0 Å². The first kappa shape index (κ1) is 9.51. The second kappa shape index (κ2) is 4.45. The van der Waals surface area contributed by atoms with Gasteiger partial charge in [-0.25, -0.2) is 9.97 Å². The molecule has 0 spiro atoms. The maximum atomic E-state index is 5.48. The van der Waals surface area contributed by atoms with Crippen LogP contribution in [0.3, 0.4) is 0 Å². The molecule has 5 heteroatoms. The van der Waals surface area contributed by atoms with Gasteiger partial charge in [0.25, 0.3) is 0 Å². The molecule has 0 aliphatic heterocycles. The Hall–Kier alpha value is -2.04. The monoisotopic (exact) mass is 203 g/mol. The smallest absolute Gasteiger partial charge is 0.123 e. The van der Waals surface area contributed by atoms with E-state index < -0.39 is 0 Å². The van der Waals surface area contributed by atoms with Gasteiger partial charge >= 0.3 is 0 Å². The van der Waals surface area contributed by atoms with Crippen molar-refractivity contribution in [1.29, 1.82) is 0 Å². The van der Waals surface area contributed by atoms with E-state index in [2.05, 4.69) is 20.3 Å². The molecule has 0 amide bonds. The molecular formula is C10H13N5. The van der Waals surface area contributed by atoms with Gasteiger partial charge in [-0.3, -0.25) is 0 Å². The summed E-state index contributed by atoms with van der Waals surface area (Å²) in [6.45, 7) is 0.841. The Balaban J connectivity index is 1.81. The van der Waals surface area contributed by atoms with Crippen molar-refractivity contribution in [2.45, 2.75) is 6.42 Å². The van der Waals surface area contributed by atoms with E-state index in [0.29, 0.717) is 5.82 Å². The molecule has 0 fully saturated rings.